The van der Waals surface area contributed by atoms with Gasteiger partial charge in [-0.25, -0.2) is 0 Å². The molecule has 0 aromatic rings. The van der Waals surface area contributed by atoms with E-state index in [4.69, 9.17) is 4.74 Å². The number of aliphatic hydroxyl groups excluding tert-OH is 1. The van der Waals surface area contributed by atoms with E-state index in [-0.39, 0.29) is 12.1 Å². The molecule has 0 aromatic heterocycles. The second-order valence-corrected chi connectivity index (χ2v) is 7.42. The molecule has 3 nitrogen and oxygen atoms in total. The molecule has 0 saturated heterocycles. The van der Waals surface area contributed by atoms with Gasteiger partial charge in [-0.3, -0.25) is 0 Å². The average molecular weight is 283 g/mol. The number of ether oxygens (including phenoxy) is 1. The van der Waals surface area contributed by atoms with Crippen molar-refractivity contribution in [1.82, 2.24) is 5.32 Å². The van der Waals surface area contributed by atoms with Gasteiger partial charge in [-0.1, -0.05) is 20.3 Å². The molecule has 0 aliphatic heterocycles. The van der Waals surface area contributed by atoms with Crippen molar-refractivity contribution in [1.29, 1.82) is 0 Å². The van der Waals surface area contributed by atoms with Gasteiger partial charge in [0.25, 0.3) is 0 Å². The van der Waals surface area contributed by atoms with E-state index in [9.17, 15) is 5.11 Å². The molecule has 0 radical (unpaired) electrons. The molecular weight excluding hydrogens is 250 g/mol. The highest BCUT2D eigenvalue weighted by Gasteiger charge is 2.44. The van der Waals surface area contributed by atoms with Crippen molar-refractivity contribution in [3.63, 3.8) is 0 Å². The van der Waals surface area contributed by atoms with Crippen LogP contribution in [-0.2, 0) is 4.74 Å². The maximum atomic E-state index is 9.89. The molecule has 0 amide bonds. The zero-order chi connectivity index (χ0) is 14.6. The van der Waals surface area contributed by atoms with Gasteiger partial charge >= 0.3 is 0 Å². The number of hydrogen-bond acceptors (Lipinski definition) is 3. The van der Waals surface area contributed by atoms with Crippen molar-refractivity contribution < 1.29 is 9.84 Å². The quantitative estimate of drug-likeness (QED) is 0.683. The molecule has 0 spiro atoms. The summed E-state index contributed by atoms with van der Waals surface area (Å²) in [5.74, 6) is 1.28. The van der Waals surface area contributed by atoms with Crippen molar-refractivity contribution in [2.75, 3.05) is 13.2 Å². The lowest BCUT2D eigenvalue weighted by molar-refractivity contribution is 0.0299. The van der Waals surface area contributed by atoms with E-state index in [0.29, 0.717) is 24.0 Å². The molecule has 2 aliphatic carbocycles. The van der Waals surface area contributed by atoms with Crippen molar-refractivity contribution in [2.24, 2.45) is 11.8 Å². The summed E-state index contributed by atoms with van der Waals surface area (Å²) in [5, 5.41) is 13.6. The molecule has 118 valence electrons. The van der Waals surface area contributed by atoms with Gasteiger partial charge in [0, 0.05) is 18.2 Å². The second kappa shape index (κ2) is 7.24. The fraction of sp³-hybridized carbons (Fsp3) is 1.00. The standard InChI is InChI=1S/C17H33NO2/c1-13(2)11-14(3)20-10-8-15-5-4-9-17(15,12-19)18-16-6-7-16/h13-16,18-19H,4-12H2,1-3H3. The number of rotatable bonds is 9. The highest BCUT2D eigenvalue weighted by Crippen LogP contribution is 2.40. The highest BCUT2D eigenvalue weighted by molar-refractivity contribution is 5.02. The van der Waals surface area contributed by atoms with Crippen LogP contribution >= 0.6 is 0 Å². The van der Waals surface area contributed by atoms with Crippen LogP contribution in [0, 0.1) is 11.8 Å². The Balaban J connectivity index is 1.75. The number of hydrogen-bond donors (Lipinski definition) is 2. The SMILES string of the molecule is CC(C)CC(C)OCCC1CCCC1(CO)NC1CC1. The van der Waals surface area contributed by atoms with Crippen molar-refractivity contribution in [3.8, 4) is 0 Å². The van der Waals surface area contributed by atoms with Gasteiger partial charge in [-0.15, -0.1) is 0 Å². The molecule has 2 N–H and O–H groups in total. The zero-order valence-corrected chi connectivity index (χ0v) is 13.5. The summed E-state index contributed by atoms with van der Waals surface area (Å²) in [6.45, 7) is 7.79. The van der Waals surface area contributed by atoms with Gasteiger partial charge in [0.1, 0.15) is 0 Å². The molecule has 0 aromatic carbocycles. The van der Waals surface area contributed by atoms with Crippen LogP contribution in [0.15, 0.2) is 0 Å². The van der Waals surface area contributed by atoms with Crippen molar-refractivity contribution >= 4 is 0 Å². The predicted molar refractivity (Wildman–Crippen MR) is 82.8 cm³/mol. The Morgan fingerprint density at radius 2 is 2.00 bits per heavy atom. The summed E-state index contributed by atoms with van der Waals surface area (Å²) in [7, 11) is 0. The van der Waals surface area contributed by atoms with Gasteiger partial charge in [-0.2, -0.15) is 0 Å². The normalized spacial score (nSPS) is 31.9. The van der Waals surface area contributed by atoms with Crippen LogP contribution in [0.5, 0.6) is 0 Å². The lowest BCUT2D eigenvalue weighted by atomic mass is 9.85. The molecule has 3 heteroatoms. The fourth-order valence-electron chi connectivity index (χ4n) is 3.79. The Bertz CT molecular complexity index is 291. The molecule has 2 aliphatic rings. The van der Waals surface area contributed by atoms with Gasteiger partial charge in [0.05, 0.1) is 12.7 Å². The predicted octanol–water partition coefficient (Wildman–Crippen LogP) is 3.11. The van der Waals surface area contributed by atoms with E-state index in [2.05, 4.69) is 26.1 Å². The van der Waals surface area contributed by atoms with E-state index in [1.807, 2.05) is 0 Å². The van der Waals surface area contributed by atoms with Crippen molar-refractivity contribution in [3.05, 3.63) is 0 Å². The number of aliphatic hydroxyl groups is 1. The third-order valence-corrected chi connectivity index (χ3v) is 4.98. The zero-order valence-electron chi connectivity index (χ0n) is 13.5. The third-order valence-electron chi connectivity index (χ3n) is 4.98. The molecular formula is C17H33NO2. The first-order valence-corrected chi connectivity index (χ1v) is 8.56. The molecule has 2 fully saturated rings. The summed E-state index contributed by atoms with van der Waals surface area (Å²) in [6, 6.07) is 0.670. The summed E-state index contributed by atoms with van der Waals surface area (Å²) in [4.78, 5) is 0. The van der Waals surface area contributed by atoms with Gasteiger partial charge in [0.2, 0.25) is 0 Å². The first-order chi connectivity index (χ1) is 9.55. The summed E-state index contributed by atoms with van der Waals surface area (Å²) in [5.41, 5.74) is -0.00812. The Hall–Kier alpha value is -0.120. The Morgan fingerprint density at radius 3 is 2.60 bits per heavy atom. The largest absolute Gasteiger partial charge is 0.394 e. The fourth-order valence-corrected chi connectivity index (χ4v) is 3.79. The topological polar surface area (TPSA) is 41.5 Å². The maximum Gasteiger partial charge on any atom is 0.0616 e. The lowest BCUT2D eigenvalue weighted by Crippen LogP contribution is -2.52. The molecule has 0 heterocycles. The van der Waals surface area contributed by atoms with Gasteiger partial charge in [0.15, 0.2) is 0 Å². The van der Waals surface area contributed by atoms with Crippen LogP contribution in [0.25, 0.3) is 0 Å². The molecule has 3 unspecified atom stereocenters. The average Bonchev–Trinajstić information content (AvgIpc) is 3.10. The first kappa shape index (κ1) is 16.3. The van der Waals surface area contributed by atoms with Gasteiger partial charge < -0.3 is 15.2 Å². The minimum absolute atomic E-state index is 0.00812. The van der Waals surface area contributed by atoms with Gasteiger partial charge in [-0.05, 0) is 57.3 Å². The van der Waals surface area contributed by atoms with Crippen LogP contribution in [0.4, 0.5) is 0 Å². The maximum absolute atomic E-state index is 9.89. The first-order valence-electron chi connectivity index (χ1n) is 8.56. The van der Waals surface area contributed by atoms with E-state index in [0.717, 1.165) is 25.9 Å². The van der Waals surface area contributed by atoms with Crippen molar-refractivity contribution in [2.45, 2.75) is 83.4 Å². The summed E-state index contributed by atoms with van der Waals surface area (Å²) in [6.07, 6.45) is 8.77. The van der Waals surface area contributed by atoms with E-state index in [1.54, 1.807) is 0 Å². The smallest absolute Gasteiger partial charge is 0.0616 e. The monoisotopic (exact) mass is 283 g/mol. The summed E-state index contributed by atoms with van der Waals surface area (Å²) < 4.78 is 5.96. The Morgan fingerprint density at radius 1 is 1.25 bits per heavy atom. The molecule has 3 atom stereocenters. The van der Waals surface area contributed by atoms with Crippen LogP contribution in [0.1, 0.15) is 65.7 Å². The van der Waals surface area contributed by atoms with E-state index >= 15 is 0 Å². The molecule has 20 heavy (non-hydrogen) atoms. The Labute approximate surface area is 124 Å². The second-order valence-electron chi connectivity index (χ2n) is 7.42. The highest BCUT2D eigenvalue weighted by atomic mass is 16.5. The third kappa shape index (κ3) is 4.44. The van der Waals surface area contributed by atoms with Crippen LogP contribution in [-0.4, -0.2) is 36.0 Å². The molecule has 2 rings (SSSR count). The molecule has 0 bridgehead atoms. The minimum atomic E-state index is -0.00812. The lowest BCUT2D eigenvalue weighted by Gasteiger charge is -2.35. The van der Waals surface area contributed by atoms with Crippen LogP contribution < -0.4 is 5.32 Å². The van der Waals surface area contributed by atoms with Crippen LogP contribution in [0.2, 0.25) is 0 Å². The van der Waals surface area contributed by atoms with Crippen LogP contribution in [0.3, 0.4) is 0 Å². The van der Waals surface area contributed by atoms with E-state index < -0.39 is 0 Å². The minimum Gasteiger partial charge on any atom is -0.394 e. The Kier molecular flexibility index (Phi) is 5.88. The van der Waals surface area contributed by atoms with E-state index in [1.165, 1.54) is 25.7 Å². The molecule has 2 saturated carbocycles. The number of nitrogens with one attached hydrogen (secondary N) is 1. The summed E-state index contributed by atoms with van der Waals surface area (Å²) >= 11 is 0.